The lowest BCUT2D eigenvalue weighted by Crippen LogP contribution is -2.45. The van der Waals surface area contributed by atoms with Gasteiger partial charge in [-0.15, -0.1) is 0 Å². The van der Waals surface area contributed by atoms with Gasteiger partial charge in [0.1, 0.15) is 11.2 Å². The van der Waals surface area contributed by atoms with Crippen molar-refractivity contribution in [2.75, 3.05) is 6.61 Å². The normalized spacial score (nSPS) is 22.5. The second kappa shape index (κ2) is 4.47. The molecule has 1 aliphatic carbocycles. The number of Topliss-reactive ketones (excluding diaryl/α,β-unsaturated/α-hetero) is 1. The monoisotopic (exact) mass is 234 g/mol. The summed E-state index contributed by atoms with van der Waals surface area (Å²) in [6.45, 7) is 3.05. The number of hydrogen-bond acceptors (Lipinski definition) is 3. The average molecular weight is 234 g/mol. The molecule has 16 heavy (non-hydrogen) atoms. The maximum atomic E-state index is 13.0. The lowest BCUT2D eigenvalue weighted by molar-refractivity contribution is -0.167. The Morgan fingerprint density at radius 1 is 1.19 bits per heavy atom. The summed E-state index contributed by atoms with van der Waals surface area (Å²) in [5.74, 6) is -3.79. The van der Waals surface area contributed by atoms with Crippen molar-refractivity contribution in [2.45, 2.75) is 45.5 Å². The molecular formula is C11H16F2O3. The van der Waals surface area contributed by atoms with Crippen LogP contribution in [0.4, 0.5) is 8.78 Å². The van der Waals surface area contributed by atoms with Crippen molar-refractivity contribution in [2.24, 2.45) is 5.41 Å². The third-order valence-electron chi connectivity index (χ3n) is 3.18. The zero-order valence-electron chi connectivity index (χ0n) is 9.52. The fourth-order valence-electron chi connectivity index (χ4n) is 2.01. The van der Waals surface area contributed by atoms with Crippen LogP contribution in [0.2, 0.25) is 0 Å². The maximum absolute atomic E-state index is 13.0. The van der Waals surface area contributed by atoms with Crippen LogP contribution in [-0.4, -0.2) is 24.3 Å². The van der Waals surface area contributed by atoms with E-state index in [0.29, 0.717) is 0 Å². The third-order valence-corrected chi connectivity index (χ3v) is 3.18. The van der Waals surface area contributed by atoms with Crippen LogP contribution >= 0.6 is 0 Å². The van der Waals surface area contributed by atoms with Crippen LogP contribution in [0.1, 0.15) is 39.5 Å². The Kier molecular flexibility index (Phi) is 3.65. The van der Waals surface area contributed by atoms with Gasteiger partial charge in [-0.2, -0.15) is 0 Å². The van der Waals surface area contributed by atoms with Gasteiger partial charge in [-0.25, -0.2) is 8.78 Å². The molecule has 5 heteroatoms. The molecule has 0 aromatic rings. The van der Waals surface area contributed by atoms with Crippen LogP contribution in [0.3, 0.4) is 0 Å². The molecule has 0 aliphatic heterocycles. The van der Waals surface area contributed by atoms with E-state index < -0.39 is 30.1 Å². The van der Waals surface area contributed by atoms with Gasteiger partial charge in [0.15, 0.2) is 0 Å². The SMILES string of the molecule is CCOC(=O)C1(C(C)=O)CCC(F)(F)CC1. The van der Waals surface area contributed by atoms with Gasteiger partial charge >= 0.3 is 5.97 Å². The molecule has 0 bridgehead atoms. The Labute approximate surface area is 93.2 Å². The van der Waals surface area contributed by atoms with E-state index in [1.54, 1.807) is 6.92 Å². The van der Waals surface area contributed by atoms with Gasteiger partial charge < -0.3 is 4.74 Å². The molecule has 92 valence electrons. The smallest absolute Gasteiger partial charge is 0.319 e. The summed E-state index contributed by atoms with van der Waals surface area (Å²) in [6.07, 6.45) is -1.08. The van der Waals surface area contributed by atoms with Crippen molar-refractivity contribution >= 4 is 11.8 Å². The number of ether oxygens (including phenoxy) is 1. The summed E-state index contributed by atoms with van der Waals surface area (Å²) in [5.41, 5.74) is -1.34. The van der Waals surface area contributed by atoms with Gasteiger partial charge in [0.2, 0.25) is 5.92 Å². The van der Waals surface area contributed by atoms with E-state index in [1.165, 1.54) is 6.92 Å². The van der Waals surface area contributed by atoms with Gasteiger partial charge in [0, 0.05) is 12.8 Å². The zero-order valence-corrected chi connectivity index (χ0v) is 9.52. The van der Waals surface area contributed by atoms with Crippen LogP contribution < -0.4 is 0 Å². The maximum Gasteiger partial charge on any atom is 0.319 e. The highest BCUT2D eigenvalue weighted by molar-refractivity contribution is 6.02. The molecule has 0 aromatic carbocycles. The summed E-state index contributed by atoms with van der Waals surface area (Å²) in [6, 6.07) is 0. The third kappa shape index (κ3) is 2.39. The van der Waals surface area contributed by atoms with Crippen LogP contribution in [-0.2, 0) is 14.3 Å². The number of carbonyl (C=O) groups is 2. The Morgan fingerprint density at radius 3 is 2.06 bits per heavy atom. The number of rotatable bonds is 3. The molecule has 3 nitrogen and oxygen atoms in total. The highest BCUT2D eigenvalue weighted by Crippen LogP contribution is 2.44. The van der Waals surface area contributed by atoms with Gasteiger partial charge in [-0.3, -0.25) is 9.59 Å². The van der Waals surface area contributed by atoms with Gasteiger partial charge in [0.25, 0.3) is 0 Å². The molecule has 1 fully saturated rings. The number of esters is 1. The van der Waals surface area contributed by atoms with Crippen LogP contribution in [0.25, 0.3) is 0 Å². The summed E-state index contributed by atoms with van der Waals surface area (Å²) in [5, 5.41) is 0. The van der Waals surface area contributed by atoms with Crippen LogP contribution in [0, 0.1) is 5.41 Å². The van der Waals surface area contributed by atoms with Crippen molar-refractivity contribution in [1.29, 1.82) is 0 Å². The standard InChI is InChI=1S/C11H16F2O3/c1-3-16-9(15)10(8(2)14)4-6-11(12,13)7-5-10/h3-7H2,1-2H3. The fourth-order valence-corrected chi connectivity index (χ4v) is 2.01. The molecule has 0 radical (unpaired) electrons. The number of halogens is 2. The number of hydrogen-bond donors (Lipinski definition) is 0. The Hall–Kier alpha value is -1.00. The van der Waals surface area contributed by atoms with Crippen molar-refractivity contribution in [3.8, 4) is 0 Å². The Morgan fingerprint density at radius 2 is 1.69 bits per heavy atom. The van der Waals surface area contributed by atoms with E-state index in [1.807, 2.05) is 0 Å². The molecule has 0 aromatic heterocycles. The van der Waals surface area contributed by atoms with E-state index >= 15 is 0 Å². The Balaban J connectivity index is 2.85. The van der Waals surface area contributed by atoms with Crippen molar-refractivity contribution < 1.29 is 23.1 Å². The molecule has 1 saturated carbocycles. The number of carbonyl (C=O) groups excluding carboxylic acids is 2. The van der Waals surface area contributed by atoms with Crippen molar-refractivity contribution in [1.82, 2.24) is 0 Å². The first kappa shape index (κ1) is 13.1. The molecule has 0 amide bonds. The molecule has 0 N–H and O–H groups in total. The van der Waals surface area contributed by atoms with Crippen molar-refractivity contribution in [3.63, 3.8) is 0 Å². The minimum Gasteiger partial charge on any atom is -0.465 e. The second-order valence-corrected chi connectivity index (χ2v) is 4.21. The molecule has 0 atom stereocenters. The van der Waals surface area contributed by atoms with E-state index in [-0.39, 0.29) is 25.2 Å². The van der Waals surface area contributed by atoms with Gasteiger partial charge in [0.05, 0.1) is 6.61 Å². The molecular weight excluding hydrogens is 218 g/mol. The summed E-state index contributed by atoms with van der Waals surface area (Å²) in [4.78, 5) is 23.2. The molecule has 0 spiro atoms. The Bertz CT molecular complexity index is 290. The lowest BCUT2D eigenvalue weighted by atomic mass is 9.70. The highest BCUT2D eigenvalue weighted by Gasteiger charge is 2.51. The van der Waals surface area contributed by atoms with Gasteiger partial charge in [-0.05, 0) is 26.7 Å². The zero-order chi connectivity index (χ0) is 12.4. The predicted molar refractivity (Wildman–Crippen MR) is 53.2 cm³/mol. The molecule has 0 saturated heterocycles. The fraction of sp³-hybridized carbons (Fsp3) is 0.818. The quantitative estimate of drug-likeness (QED) is 0.556. The molecule has 1 rings (SSSR count). The van der Waals surface area contributed by atoms with E-state index in [4.69, 9.17) is 4.74 Å². The molecule has 1 aliphatic rings. The van der Waals surface area contributed by atoms with Crippen molar-refractivity contribution in [3.05, 3.63) is 0 Å². The van der Waals surface area contributed by atoms with E-state index in [2.05, 4.69) is 0 Å². The first-order chi connectivity index (χ1) is 7.34. The van der Waals surface area contributed by atoms with E-state index in [9.17, 15) is 18.4 Å². The number of alkyl halides is 2. The van der Waals surface area contributed by atoms with Crippen LogP contribution in [0.5, 0.6) is 0 Å². The van der Waals surface area contributed by atoms with Crippen LogP contribution in [0.15, 0.2) is 0 Å². The minimum atomic E-state index is -2.76. The predicted octanol–water partition coefficient (Wildman–Crippen LogP) is 2.33. The molecule has 0 heterocycles. The molecule has 0 unspecified atom stereocenters. The van der Waals surface area contributed by atoms with E-state index in [0.717, 1.165) is 0 Å². The second-order valence-electron chi connectivity index (χ2n) is 4.21. The largest absolute Gasteiger partial charge is 0.465 e. The topological polar surface area (TPSA) is 43.4 Å². The average Bonchev–Trinajstić information content (AvgIpc) is 2.18. The highest BCUT2D eigenvalue weighted by atomic mass is 19.3. The van der Waals surface area contributed by atoms with Gasteiger partial charge in [-0.1, -0.05) is 0 Å². The summed E-state index contributed by atoms with van der Waals surface area (Å²) >= 11 is 0. The first-order valence-electron chi connectivity index (χ1n) is 5.40. The number of ketones is 1. The minimum absolute atomic E-state index is 0.117. The summed E-state index contributed by atoms with van der Waals surface area (Å²) < 4.78 is 30.8. The summed E-state index contributed by atoms with van der Waals surface area (Å²) in [7, 11) is 0. The lowest BCUT2D eigenvalue weighted by Gasteiger charge is -2.35. The first-order valence-corrected chi connectivity index (χ1v) is 5.40.